The van der Waals surface area contributed by atoms with E-state index >= 15 is 0 Å². The molecule has 0 aliphatic carbocycles. The van der Waals surface area contributed by atoms with Gasteiger partial charge in [-0.15, -0.1) is 0 Å². The minimum atomic E-state index is -3.98. The molecule has 0 saturated carbocycles. The average Bonchev–Trinajstić information content (AvgIpc) is 2.63. The van der Waals surface area contributed by atoms with Crippen LogP contribution >= 0.6 is 15.9 Å². The molecule has 2 aromatic rings. The van der Waals surface area contributed by atoms with Crippen molar-refractivity contribution >= 4 is 43.6 Å². The molecule has 0 radical (unpaired) electrons. The number of rotatable bonds is 7. The summed E-state index contributed by atoms with van der Waals surface area (Å²) in [4.78, 5) is 24.1. The summed E-state index contributed by atoms with van der Waals surface area (Å²) in [6.45, 7) is 3.43. The van der Waals surface area contributed by atoms with Gasteiger partial charge in [0.1, 0.15) is 0 Å². The second kappa shape index (κ2) is 9.01. The van der Waals surface area contributed by atoms with Gasteiger partial charge in [-0.1, -0.05) is 15.9 Å². The van der Waals surface area contributed by atoms with E-state index in [1.165, 1.54) is 12.1 Å². The summed E-state index contributed by atoms with van der Waals surface area (Å²) < 4.78 is 38.3. The van der Waals surface area contributed by atoms with Gasteiger partial charge in [0.05, 0.1) is 29.2 Å². The van der Waals surface area contributed by atoms with Gasteiger partial charge in [0.25, 0.3) is 10.0 Å². The fraction of sp³-hybridized carbons (Fsp3) is 0.222. The van der Waals surface area contributed by atoms with Crippen LogP contribution in [0.4, 0.5) is 5.69 Å². The van der Waals surface area contributed by atoms with Crippen molar-refractivity contribution < 1.29 is 27.5 Å². The Hall–Kier alpha value is -2.39. The minimum absolute atomic E-state index is 0.0575. The molecule has 0 bridgehead atoms. The maximum absolute atomic E-state index is 12.6. The van der Waals surface area contributed by atoms with Crippen LogP contribution in [0.15, 0.2) is 51.8 Å². The van der Waals surface area contributed by atoms with Crippen molar-refractivity contribution in [3.8, 4) is 0 Å². The number of sulfonamides is 1. The maximum atomic E-state index is 12.6. The summed E-state index contributed by atoms with van der Waals surface area (Å²) in [7, 11) is -3.98. The van der Waals surface area contributed by atoms with Gasteiger partial charge in [-0.3, -0.25) is 4.72 Å². The topological polar surface area (TPSA) is 98.8 Å². The molecule has 0 saturated heterocycles. The summed E-state index contributed by atoms with van der Waals surface area (Å²) in [5.41, 5.74) is 0.122. The molecule has 27 heavy (non-hydrogen) atoms. The molecule has 0 aromatic heterocycles. The third-order valence-electron chi connectivity index (χ3n) is 3.39. The first-order valence-electron chi connectivity index (χ1n) is 8.05. The fourth-order valence-corrected chi connectivity index (χ4v) is 3.54. The molecule has 9 heteroatoms. The van der Waals surface area contributed by atoms with Crippen LogP contribution in [-0.4, -0.2) is 33.6 Å². The number of esters is 2. The lowest BCUT2D eigenvalue weighted by Crippen LogP contribution is -2.18. The normalized spacial score (nSPS) is 10.9. The molecule has 2 aromatic carbocycles. The Balaban J connectivity index is 2.44. The van der Waals surface area contributed by atoms with E-state index < -0.39 is 22.0 Å². The highest BCUT2D eigenvalue weighted by atomic mass is 79.9. The molecule has 0 fully saturated rings. The van der Waals surface area contributed by atoms with E-state index in [1.54, 1.807) is 38.1 Å². The second-order valence-corrected chi connectivity index (χ2v) is 7.86. The Morgan fingerprint density at radius 1 is 0.926 bits per heavy atom. The smallest absolute Gasteiger partial charge is 0.339 e. The van der Waals surface area contributed by atoms with Crippen molar-refractivity contribution in [3.63, 3.8) is 0 Å². The van der Waals surface area contributed by atoms with Crippen LogP contribution in [0.1, 0.15) is 34.6 Å². The third kappa shape index (κ3) is 5.30. The minimum Gasteiger partial charge on any atom is -0.462 e. The first-order valence-corrected chi connectivity index (χ1v) is 10.3. The molecule has 144 valence electrons. The van der Waals surface area contributed by atoms with E-state index in [9.17, 15) is 18.0 Å². The van der Waals surface area contributed by atoms with Crippen LogP contribution in [-0.2, 0) is 19.5 Å². The van der Waals surface area contributed by atoms with E-state index in [1.807, 2.05) is 0 Å². The standard InChI is InChI=1S/C18H18BrNO6S/c1-3-25-17(21)15-10-9-14(11-16(15)18(22)26-4-2)27(23,24)20-13-7-5-12(19)6-8-13/h5-11,20H,3-4H2,1-2H3. The number of carbonyl (C=O) groups is 2. The van der Waals surface area contributed by atoms with E-state index in [2.05, 4.69) is 20.7 Å². The third-order valence-corrected chi connectivity index (χ3v) is 5.30. The highest BCUT2D eigenvalue weighted by Crippen LogP contribution is 2.22. The van der Waals surface area contributed by atoms with Gasteiger partial charge >= 0.3 is 11.9 Å². The Morgan fingerprint density at radius 2 is 1.48 bits per heavy atom. The Bertz CT molecular complexity index is 941. The SMILES string of the molecule is CCOC(=O)c1ccc(S(=O)(=O)Nc2ccc(Br)cc2)cc1C(=O)OCC. The number of benzene rings is 2. The van der Waals surface area contributed by atoms with Crippen LogP contribution in [0.5, 0.6) is 0 Å². The van der Waals surface area contributed by atoms with Gasteiger partial charge < -0.3 is 9.47 Å². The Morgan fingerprint density at radius 3 is 2.04 bits per heavy atom. The second-order valence-electron chi connectivity index (χ2n) is 5.26. The van der Waals surface area contributed by atoms with Crippen LogP contribution < -0.4 is 4.72 Å². The Kier molecular flexibility index (Phi) is 6.98. The quantitative estimate of drug-likeness (QED) is 0.640. The molecule has 1 N–H and O–H groups in total. The first-order chi connectivity index (χ1) is 12.8. The number of nitrogens with one attached hydrogen (secondary N) is 1. The van der Waals surface area contributed by atoms with Gasteiger partial charge in [-0.2, -0.15) is 0 Å². The van der Waals surface area contributed by atoms with Gasteiger partial charge in [0.2, 0.25) is 0 Å². The van der Waals surface area contributed by atoms with Crippen LogP contribution in [0.3, 0.4) is 0 Å². The number of hydrogen-bond donors (Lipinski definition) is 1. The lowest BCUT2D eigenvalue weighted by Gasteiger charge is -2.12. The molecule has 0 atom stereocenters. The summed E-state index contributed by atoms with van der Waals surface area (Å²) in [6, 6.07) is 10.1. The summed E-state index contributed by atoms with van der Waals surface area (Å²) >= 11 is 3.27. The number of carbonyl (C=O) groups excluding carboxylic acids is 2. The Labute approximate surface area is 165 Å². The molecule has 0 amide bonds. The lowest BCUT2D eigenvalue weighted by atomic mass is 10.1. The van der Waals surface area contributed by atoms with Crippen LogP contribution in [0.25, 0.3) is 0 Å². The largest absolute Gasteiger partial charge is 0.462 e. The predicted octanol–water partition coefficient (Wildman–Crippen LogP) is 3.60. The van der Waals surface area contributed by atoms with E-state index in [-0.39, 0.29) is 29.2 Å². The van der Waals surface area contributed by atoms with E-state index in [4.69, 9.17) is 9.47 Å². The van der Waals surface area contributed by atoms with Crippen molar-refractivity contribution in [3.05, 3.63) is 58.1 Å². The van der Waals surface area contributed by atoms with E-state index in [0.29, 0.717) is 5.69 Å². The fourth-order valence-electron chi connectivity index (χ4n) is 2.19. The van der Waals surface area contributed by atoms with Crippen molar-refractivity contribution in [2.24, 2.45) is 0 Å². The number of halogens is 1. The number of hydrogen-bond acceptors (Lipinski definition) is 6. The predicted molar refractivity (Wildman–Crippen MR) is 103 cm³/mol. The number of ether oxygens (including phenoxy) is 2. The van der Waals surface area contributed by atoms with Gasteiger partial charge in [0.15, 0.2) is 0 Å². The van der Waals surface area contributed by atoms with Crippen molar-refractivity contribution in [1.29, 1.82) is 0 Å². The molecule has 0 spiro atoms. The van der Waals surface area contributed by atoms with Crippen LogP contribution in [0.2, 0.25) is 0 Å². The summed E-state index contributed by atoms with van der Waals surface area (Å²) in [6.07, 6.45) is 0. The van der Waals surface area contributed by atoms with Crippen LogP contribution in [0, 0.1) is 0 Å². The molecule has 2 rings (SSSR count). The molecule has 0 aliphatic rings. The maximum Gasteiger partial charge on any atom is 0.339 e. The first kappa shape index (κ1) is 20.9. The molecule has 0 heterocycles. The molecule has 0 aliphatic heterocycles. The summed E-state index contributed by atoms with van der Waals surface area (Å²) in [5, 5.41) is 0. The summed E-state index contributed by atoms with van der Waals surface area (Å²) in [5.74, 6) is -1.54. The highest BCUT2D eigenvalue weighted by Gasteiger charge is 2.24. The van der Waals surface area contributed by atoms with Gasteiger partial charge in [0, 0.05) is 10.2 Å². The monoisotopic (exact) mass is 455 g/mol. The van der Waals surface area contributed by atoms with Crippen molar-refractivity contribution in [1.82, 2.24) is 0 Å². The van der Waals surface area contributed by atoms with E-state index in [0.717, 1.165) is 10.5 Å². The molecule has 0 unspecified atom stereocenters. The molecule has 7 nitrogen and oxygen atoms in total. The van der Waals surface area contributed by atoms with Gasteiger partial charge in [-0.05, 0) is 56.3 Å². The molecular formula is C18H18BrNO6S. The zero-order valence-electron chi connectivity index (χ0n) is 14.7. The van der Waals surface area contributed by atoms with Gasteiger partial charge in [-0.25, -0.2) is 18.0 Å². The zero-order valence-corrected chi connectivity index (χ0v) is 17.1. The number of anilines is 1. The zero-order chi connectivity index (χ0) is 20.0. The van der Waals surface area contributed by atoms with Crippen molar-refractivity contribution in [2.45, 2.75) is 18.7 Å². The van der Waals surface area contributed by atoms with Crippen molar-refractivity contribution in [2.75, 3.05) is 17.9 Å². The molecular weight excluding hydrogens is 438 g/mol. The average molecular weight is 456 g/mol. The lowest BCUT2D eigenvalue weighted by molar-refractivity contribution is 0.0478. The highest BCUT2D eigenvalue weighted by molar-refractivity contribution is 9.10.